The smallest absolute Gasteiger partial charge is 0.239 e. The van der Waals surface area contributed by atoms with Crippen LogP contribution in [0.4, 0.5) is 5.95 Å². The van der Waals surface area contributed by atoms with Crippen LogP contribution >= 0.6 is 0 Å². The summed E-state index contributed by atoms with van der Waals surface area (Å²) in [7, 11) is 3.15. The first kappa shape index (κ1) is 12.2. The zero-order valence-electron chi connectivity index (χ0n) is 10.2. The van der Waals surface area contributed by atoms with Crippen molar-refractivity contribution in [2.24, 2.45) is 5.73 Å². The van der Waals surface area contributed by atoms with Gasteiger partial charge in [-0.1, -0.05) is 6.07 Å². The van der Waals surface area contributed by atoms with Gasteiger partial charge in [0.05, 0.1) is 20.3 Å². The molecule has 0 spiro atoms. The van der Waals surface area contributed by atoms with Gasteiger partial charge in [0.1, 0.15) is 5.82 Å². The molecule has 0 unspecified atom stereocenters. The van der Waals surface area contributed by atoms with E-state index in [9.17, 15) is 0 Å². The van der Waals surface area contributed by atoms with Crippen molar-refractivity contribution in [2.75, 3.05) is 20.0 Å². The molecule has 96 valence electrons. The normalized spacial score (nSPS) is 12.2. The molecular weight excluding hydrogens is 234 g/mol. The van der Waals surface area contributed by atoms with Crippen molar-refractivity contribution in [2.45, 2.75) is 6.04 Å². The van der Waals surface area contributed by atoms with Gasteiger partial charge in [0, 0.05) is 0 Å². The summed E-state index contributed by atoms with van der Waals surface area (Å²) in [5.74, 6) is 1.92. The number of hydrogen-bond acceptors (Lipinski definition) is 6. The Morgan fingerprint density at radius 3 is 2.50 bits per heavy atom. The molecule has 1 heterocycles. The molecule has 2 rings (SSSR count). The number of aromatic nitrogens is 3. The number of rotatable bonds is 4. The second kappa shape index (κ2) is 4.92. The first-order chi connectivity index (χ1) is 8.65. The summed E-state index contributed by atoms with van der Waals surface area (Å²) in [6.45, 7) is 0. The predicted molar refractivity (Wildman–Crippen MR) is 66.4 cm³/mol. The van der Waals surface area contributed by atoms with E-state index in [2.05, 4.69) is 15.2 Å². The van der Waals surface area contributed by atoms with E-state index in [1.807, 2.05) is 6.07 Å². The van der Waals surface area contributed by atoms with Crippen LogP contribution in [0, 0.1) is 0 Å². The molecule has 0 aliphatic carbocycles. The van der Waals surface area contributed by atoms with Crippen LogP contribution in [0.3, 0.4) is 0 Å². The zero-order valence-corrected chi connectivity index (χ0v) is 10.2. The zero-order chi connectivity index (χ0) is 13.1. The highest BCUT2D eigenvalue weighted by atomic mass is 16.5. The summed E-state index contributed by atoms with van der Waals surface area (Å²) in [5, 5.41) is 6.43. The number of methoxy groups -OCH3 is 2. The Morgan fingerprint density at radius 1 is 1.22 bits per heavy atom. The Labute approximate surface area is 104 Å². The number of nitrogen functional groups attached to an aromatic ring is 1. The maximum Gasteiger partial charge on any atom is 0.239 e. The van der Waals surface area contributed by atoms with Crippen LogP contribution in [0.1, 0.15) is 17.4 Å². The molecule has 1 aromatic heterocycles. The van der Waals surface area contributed by atoms with E-state index in [4.69, 9.17) is 20.9 Å². The third kappa shape index (κ3) is 2.21. The molecule has 18 heavy (non-hydrogen) atoms. The molecule has 7 heteroatoms. The summed E-state index contributed by atoms with van der Waals surface area (Å²) in [6, 6.07) is 4.97. The standard InChI is InChI=1S/C11H15N5O2/c1-17-7-4-3-6(5-8(7)18-2)9(12)10-14-11(13)16-15-10/h3-5,9H,12H2,1-2H3,(H3,13,14,15,16)/t9-/m0/s1. The van der Waals surface area contributed by atoms with Gasteiger partial charge >= 0.3 is 0 Å². The molecule has 0 saturated carbocycles. The van der Waals surface area contributed by atoms with Gasteiger partial charge in [0.25, 0.3) is 0 Å². The number of benzene rings is 1. The van der Waals surface area contributed by atoms with Gasteiger partial charge in [0.15, 0.2) is 11.5 Å². The molecule has 0 bridgehead atoms. The summed E-state index contributed by atoms with van der Waals surface area (Å²) in [6.07, 6.45) is 0. The average Bonchev–Trinajstić information content (AvgIpc) is 2.83. The van der Waals surface area contributed by atoms with E-state index in [1.165, 1.54) is 0 Å². The minimum atomic E-state index is -0.449. The molecular formula is C11H15N5O2. The van der Waals surface area contributed by atoms with Crippen molar-refractivity contribution in [1.29, 1.82) is 0 Å². The largest absolute Gasteiger partial charge is 0.493 e. The summed E-state index contributed by atoms with van der Waals surface area (Å²) in [5.41, 5.74) is 12.3. The van der Waals surface area contributed by atoms with E-state index in [0.717, 1.165) is 5.56 Å². The molecule has 0 fully saturated rings. The van der Waals surface area contributed by atoms with Gasteiger partial charge in [0.2, 0.25) is 5.95 Å². The van der Waals surface area contributed by atoms with Gasteiger partial charge in [-0.2, -0.15) is 4.98 Å². The lowest BCUT2D eigenvalue weighted by atomic mass is 10.1. The highest BCUT2D eigenvalue weighted by molar-refractivity contribution is 5.44. The van der Waals surface area contributed by atoms with Gasteiger partial charge in [-0.25, -0.2) is 0 Å². The molecule has 0 aliphatic heterocycles. The number of nitrogens with two attached hydrogens (primary N) is 2. The predicted octanol–water partition coefficient (Wildman–Crippen LogP) is 0.452. The lowest BCUT2D eigenvalue weighted by Crippen LogP contribution is -2.14. The summed E-state index contributed by atoms with van der Waals surface area (Å²) < 4.78 is 10.4. The second-order valence-electron chi connectivity index (χ2n) is 3.67. The van der Waals surface area contributed by atoms with Crippen molar-refractivity contribution in [3.05, 3.63) is 29.6 Å². The summed E-state index contributed by atoms with van der Waals surface area (Å²) in [4.78, 5) is 4.00. The highest BCUT2D eigenvalue weighted by Gasteiger charge is 2.15. The quantitative estimate of drug-likeness (QED) is 0.725. The van der Waals surface area contributed by atoms with E-state index < -0.39 is 6.04 Å². The van der Waals surface area contributed by atoms with E-state index >= 15 is 0 Å². The number of anilines is 1. The van der Waals surface area contributed by atoms with Gasteiger partial charge in [-0.15, -0.1) is 5.10 Å². The van der Waals surface area contributed by atoms with E-state index in [0.29, 0.717) is 17.3 Å². The Hall–Kier alpha value is -2.28. The topological polar surface area (TPSA) is 112 Å². The number of ether oxygens (including phenoxy) is 2. The number of hydrogen-bond donors (Lipinski definition) is 3. The first-order valence-corrected chi connectivity index (χ1v) is 5.31. The Morgan fingerprint density at radius 2 is 1.94 bits per heavy atom. The van der Waals surface area contributed by atoms with E-state index in [1.54, 1.807) is 26.4 Å². The monoisotopic (exact) mass is 249 g/mol. The Kier molecular flexibility index (Phi) is 3.33. The SMILES string of the molecule is COc1ccc([C@H](N)c2nc(N)n[nH]2)cc1OC. The fourth-order valence-electron chi connectivity index (χ4n) is 1.63. The second-order valence-corrected chi connectivity index (χ2v) is 3.67. The third-order valence-electron chi connectivity index (χ3n) is 2.58. The lowest BCUT2D eigenvalue weighted by molar-refractivity contribution is 0.354. The van der Waals surface area contributed by atoms with Crippen molar-refractivity contribution < 1.29 is 9.47 Å². The molecule has 2 aromatic rings. The van der Waals surface area contributed by atoms with Crippen molar-refractivity contribution in [1.82, 2.24) is 15.2 Å². The molecule has 0 amide bonds. The van der Waals surface area contributed by atoms with Crippen molar-refractivity contribution in [3.8, 4) is 11.5 Å². The fraction of sp³-hybridized carbons (Fsp3) is 0.273. The molecule has 0 radical (unpaired) electrons. The van der Waals surface area contributed by atoms with Crippen LogP contribution in [0.5, 0.6) is 11.5 Å². The maximum absolute atomic E-state index is 6.06. The third-order valence-corrected chi connectivity index (χ3v) is 2.58. The number of aromatic amines is 1. The minimum Gasteiger partial charge on any atom is -0.493 e. The molecule has 1 aromatic carbocycles. The van der Waals surface area contributed by atoms with Crippen LogP contribution in [0.15, 0.2) is 18.2 Å². The van der Waals surface area contributed by atoms with Crippen LogP contribution in [0.25, 0.3) is 0 Å². The Bertz CT molecular complexity index is 540. The molecule has 7 nitrogen and oxygen atoms in total. The molecule has 5 N–H and O–H groups in total. The fourth-order valence-corrected chi connectivity index (χ4v) is 1.63. The maximum atomic E-state index is 6.06. The van der Waals surface area contributed by atoms with E-state index in [-0.39, 0.29) is 5.95 Å². The Balaban J connectivity index is 2.33. The van der Waals surface area contributed by atoms with Crippen LogP contribution in [-0.4, -0.2) is 29.4 Å². The van der Waals surface area contributed by atoms with Crippen LogP contribution in [0.2, 0.25) is 0 Å². The van der Waals surface area contributed by atoms with Crippen molar-refractivity contribution >= 4 is 5.95 Å². The van der Waals surface area contributed by atoms with Gasteiger partial charge in [-0.3, -0.25) is 5.10 Å². The van der Waals surface area contributed by atoms with Gasteiger partial charge in [-0.05, 0) is 17.7 Å². The molecule has 1 atom stereocenters. The molecule has 0 saturated heterocycles. The van der Waals surface area contributed by atoms with Gasteiger partial charge < -0.3 is 20.9 Å². The van der Waals surface area contributed by atoms with Crippen LogP contribution < -0.4 is 20.9 Å². The highest BCUT2D eigenvalue weighted by Crippen LogP contribution is 2.30. The summed E-state index contributed by atoms with van der Waals surface area (Å²) >= 11 is 0. The minimum absolute atomic E-state index is 0.168. The number of H-pyrrole nitrogens is 1. The number of nitrogens with one attached hydrogen (secondary N) is 1. The first-order valence-electron chi connectivity index (χ1n) is 5.31. The number of nitrogens with zero attached hydrogens (tertiary/aromatic N) is 2. The lowest BCUT2D eigenvalue weighted by Gasteiger charge is -2.12. The van der Waals surface area contributed by atoms with Crippen LogP contribution in [-0.2, 0) is 0 Å². The molecule has 0 aliphatic rings. The average molecular weight is 249 g/mol. The van der Waals surface area contributed by atoms with Crippen molar-refractivity contribution in [3.63, 3.8) is 0 Å².